The number of aryl methyl sites for hydroxylation is 1. The van der Waals surface area contributed by atoms with Crippen molar-refractivity contribution in [2.45, 2.75) is 33.2 Å². The van der Waals surface area contributed by atoms with E-state index < -0.39 is 5.69 Å². The van der Waals surface area contributed by atoms with E-state index >= 15 is 0 Å². The Kier molecular flexibility index (Phi) is 4.27. The van der Waals surface area contributed by atoms with Gasteiger partial charge in [-0.15, -0.1) is 0 Å². The first-order valence-electron chi connectivity index (χ1n) is 6.07. The molecule has 2 rings (SSSR count). The van der Waals surface area contributed by atoms with Crippen LogP contribution < -0.4 is 11.2 Å². The predicted octanol–water partition coefficient (Wildman–Crippen LogP) is 2.56. The average Bonchev–Trinajstić information content (AvgIpc) is 2.76. The molecule has 19 heavy (non-hydrogen) atoms. The van der Waals surface area contributed by atoms with Crippen LogP contribution in [-0.4, -0.2) is 9.55 Å². The van der Waals surface area contributed by atoms with Crippen molar-refractivity contribution in [2.75, 3.05) is 0 Å². The zero-order chi connectivity index (χ0) is 14.0. The Morgan fingerprint density at radius 3 is 2.68 bits per heavy atom. The zero-order valence-electron chi connectivity index (χ0n) is 10.8. The van der Waals surface area contributed by atoms with E-state index in [-0.39, 0.29) is 17.3 Å². The molecule has 1 N–H and O–H groups in total. The molecular formula is C13H15ClN2O2S. The van der Waals surface area contributed by atoms with Crippen molar-refractivity contribution in [3.05, 3.63) is 53.4 Å². The number of hydrogen-bond donors (Lipinski definition) is 1. The second-order valence-electron chi connectivity index (χ2n) is 4.44. The third-order valence-electron chi connectivity index (χ3n) is 3.02. The summed E-state index contributed by atoms with van der Waals surface area (Å²) in [5.41, 5.74) is 1.81. The molecule has 2 aromatic heterocycles. The molecule has 4 nitrogen and oxygen atoms in total. The minimum absolute atomic E-state index is 0.162. The molecule has 0 radical (unpaired) electrons. The first-order valence-corrected chi connectivity index (χ1v) is 7.39. The number of H-pyrrole nitrogens is 1. The molecule has 0 aromatic carbocycles. The highest BCUT2D eigenvalue weighted by Crippen LogP contribution is 2.14. The molecule has 0 spiro atoms. The first-order chi connectivity index (χ1) is 9.04. The number of aromatic nitrogens is 2. The van der Waals surface area contributed by atoms with Crippen molar-refractivity contribution in [2.24, 2.45) is 0 Å². The Balaban J connectivity index is 2.52. The molecule has 0 aliphatic heterocycles. The number of aromatic amines is 1. The van der Waals surface area contributed by atoms with Crippen LogP contribution in [0.1, 0.15) is 30.0 Å². The van der Waals surface area contributed by atoms with Gasteiger partial charge in [0.15, 0.2) is 0 Å². The lowest BCUT2D eigenvalue weighted by atomic mass is 10.2. The fourth-order valence-electron chi connectivity index (χ4n) is 1.92. The summed E-state index contributed by atoms with van der Waals surface area (Å²) in [5.74, 6) is 0. The standard InChI is InChI=1S/C13H15ClN2O2S/c1-3-4-10-11(14)15-13(18)16(12(10)17)5-9-7-19-6-8(9)2/h6-7H,3-5H2,1-2H3,(H,15,18). The lowest BCUT2D eigenvalue weighted by Gasteiger charge is -2.08. The van der Waals surface area contributed by atoms with Gasteiger partial charge in [0.1, 0.15) is 5.15 Å². The second-order valence-corrected chi connectivity index (χ2v) is 5.57. The summed E-state index contributed by atoms with van der Waals surface area (Å²) in [6.45, 7) is 4.22. The maximum Gasteiger partial charge on any atom is 0.329 e. The van der Waals surface area contributed by atoms with Crippen LogP contribution >= 0.6 is 22.9 Å². The van der Waals surface area contributed by atoms with Gasteiger partial charge in [0.05, 0.1) is 12.1 Å². The molecule has 2 aromatic rings. The maximum atomic E-state index is 12.3. The lowest BCUT2D eigenvalue weighted by molar-refractivity contribution is 0.679. The third-order valence-corrected chi connectivity index (χ3v) is 4.25. The smallest absolute Gasteiger partial charge is 0.297 e. The number of hydrogen-bond acceptors (Lipinski definition) is 3. The molecule has 0 saturated carbocycles. The minimum Gasteiger partial charge on any atom is -0.297 e. The van der Waals surface area contributed by atoms with Crippen LogP contribution in [0.2, 0.25) is 5.15 Å². The van der Waals surface area contributed by atoms with Crippen molar-refractivity contribution in [1.29, 1.82) is 0 Å². The molecule has 0 saturated heterocycles. The third kappa shape index (κ3) is 2.82. The van der Waals surface area contributed by atoms with Crippen LogP contribution in [0, 0.1) is 6.92 Å². The van der Waals surface area contributed by atoms with Crippen LogP contribution in [0.15, 0.2) is 20.3 Å². The van der Waals surface area contributed by atoms with Crippen molar-refractivity contribution in [1.82, 2.24) is 9.55 Å². The molecule has 2 heterocycles. The summed E-state index contributed by atoms with van der Waals surface area (Å²) in [7, 11) is 0. The Labute approximate surface area is 119 Å². The van der Waals surface area contributed by atoms with Crippen molar-refractivity contribution in [3.8, 4) is 0 Å². The van der Waals surface area contributed by atoms with Gasteiger partial charge >= 0.3 is 5.69 Å². The van der Waals surface area contributed by atoms with E-state index in [4.69, 9.17) is 11.6 Å². The molecule has 0 unspecified atom stereocenters. The summed E-state index contributed by atoms with van der Waals surface area (Å²) in [6, 6.07) is 0. The molecular weight excluding hydrogens is 284 g/mol. The molecule has 0 atom stereocenters. The number of nitrogens with one attached hydrogen (secondary N) is 1. The van der Waals surface area contributed by atoms with Gasteiger partial charge in [0, 0.05) is 0 Å². The molecule has 0 fully saturated rings. The number of halogens is 1. The van der Waals surface area contributed by atoms with Crippen LogP contribution in [0.25, 0.3) is 0 Å². The highest BCUT2D eigenvalue weighted by molar-refractivity contribution is 7.08. The van der Waals surface area contributed by atoms with Gasteiger partial charge in [0.2, 0.25) is 0 Å². The van der Waals surface area contributed by atoms with Crippen molar-refractivity contribution >= 4 is 22.9 Å². The van der Waals surface area contributed by atoms with Crippen LogP contribution in [0.5, 0.6) is 0 Å². The topological polar surface area (TPSA) is 54.9 Å². The van der Waals surface area contributed by atoms with Gasteiger partial charge in [-0.1, -0.05) is 24.9 Å². The highest BCUT2D eigenvalue weighted by Gasteiger charge is 2.13. The monoisotopic (exact) mass is 298 g/mol. The fourth-order valence-corrected chi connectivity index (χ4v) is 3.02. The zero-order valence-corrected chi connectivity index (χ0v) is 12.4. The summed E-state index contributed by atoms with van der Waals surface area (Å²) in [5, 5.41) is 4.11. The predicted molar refractivity (Wildman–Crippen MR) is 78.5 cm³/mol. The molecule has 0 amide bonds. The Morgan fingerprint density at radius 1 is 1.37 bits per heavy atom. The molecule has 0 aliphatic rings. The van der Waals surface area contributed by atoms with E-state index in [1.54, 1.807) is 11.3 Å². The average molecular weight is 299 g/mol. The van der Waals surface area contributed by atoms with E-state index in [0.717, 1.165) is 17.5 Å². The first kappa shape index (κ1) is 14.1. The van der Waals surface area contributed by atoms with Gasteiger partial charge in [-0.3, -0.25) is 14.3 Å². The van der Waals surface area contributed by atoms with Crippen LogP contribution in [0.4, 0.5) is 0 Å². The Bertz CT molecular complexity index is 699. The SMILES string of the molecule is CCCc1c(Cl)[nH]c(=O)n(Cc2cscc2C)c1=O. The number of thiophene rings is 1. The molecule has 102 valence electrons. The van der Waals surface area contributed by atoms with Crippen LogP contribution in [0.3, 0.4) is 0 Å². The Morgan fingerprint density at radius 2 is 2.11 bits per heavy atom. The van der Waals surface area contributed by atoms with Gasteiger partial charge < -0.3 is 0 Å². The van der Waals surface area contributed by atoms with E-state index in [2.05, 4.69) is 4.98 Å². The van der Waals surface area contributed by atoms with Gasteiger partial charge in [-0.25, -0.2) is 4.79 Å². The highest BCUT2D eigenvalue weighted by atomic mass is 35.5. The number of nitrogens with zero attached hydrogens (tertiary/aromatic N) is 1. The van der Waals surface area contributed by atoms with E-state index in [1.165, 1.54) is 4.57 Å². The summed E-state index contributed by atoms with van der Waals surface area (Å²) >= 11 is 7.49. The van der Waals surface area contributed by atoms with Crippen molar-refractivity contribution in [3.63, 3.8) is 0 Å². The molecule has 0 bridgehead atoms. The normalized spacial score (nSPS) is 10.9. The minimum atomic E-state index is -0.458. The van der Waals surface area contributed by atoms with Gasteiger partial charge in [-0.2, -0.15) is 11.3 Å². The second kappa shape index (κ2) is 5.75. The van der Waals surface area contributed by atoms with Gasteiger partial charge in [0.25, 0.3) is 5.56 Å². The Hall–Kier alpha value is -1.33. The number of rotatable bonds is 4. The van der Waals surface area contributed by atoms with Crippen molar-refractivity contribution < 1.29 is 0 Å². The summed E-state index contributed by atoms with van der Waals surface area (Å²) in [6.07, 6.45) is 1.37. The fraction of sp³-hybridized carbons (Fsp3) is 0.385. The maximum absolute atomic E-state index is 12.3. The quantitative estimate of drug-likeness (QED) is 0.882. The van der Waals surface area contributed by atoms with Gasteiger partial charge in [-0.05, 0) is 35.2 Å². The van der Waals surface area contributed by atoms with E-state index in [1.807, 2.05) is 24.6 Å². The molecule has 0 aliphatic carbocycles. The summed E-state index contributed by atoms with van der Waals surface area (Å²) in [4.78, 5) is 26.7. The van der Waals surface area contributed by atoms with E-state index in [0.29, 0.717) is 12.0 Å². The van der Waals surface area contributed by atoms with Crippen LogP contribution in [-0.2, 0) is 13.0 Å². The largest absolute Gasteiger partial charge is 0.329 e. The lowest BCUT2D eigenvalue weighted by Crippen LogP contribution is -2.37. The summed E-state index contributed by atoms with van der Waals surface area (Å²) < 4.78 is 1.21. The van der Waals surface area contributed by atoms with E-state index in [9.17, 15) is 9.59 Å². The molecule has 6 heteroatoms.